The number of carbonyl (C=O) groups excluding carboxylic acids is 2. The van der Waals surface area contributed by atoms with Crippen molar-refractivity contribution in [2.45, 2.75) is 12.5 Å². The van der Waals surface area contributed by atoms with E-state index in [1.165, 1.54) is 30.5 Å². The number of aliphatic hydroxyl groups excluding tert-OH is 1. The third-order valence-electron chi connectivity index (χ3n) is 4.76. The number of benzene rings is 1. The van der Waals surface area contributed by atoms with E-state index in [1.807, 2.05) is 0 Å². The molecule has 1 N–H and O–H groups in total. The number of nitrogens with zero attached hydrogens (tertiary/aromatic N) is 1. The van der Waals surface area contributed by atoms with Gasteiger partial charge in [0.15, 0.2) is 17.3 Å². The van der Waals surface area contributed by atoms with Crippen LogP contribution in [-0.2, 0) is 9.53 Å². The van der Waals surface area contributed by atoms with Gasteiger partial charge in [0, 0.05) is 20.3 Å². The summed E-state index contributed by atoms with van der Waals surface area (Å²) in [7, 11) is 4.63. The molecule has 1 unspecified atom stereocenters. The second kappa shape index (κ2) is 9.11. The molecule has 1 aromatic heterocycles. The Bertz CT molecular complexity index is 921. The first-order valence-corrected chi connectivity index (χ1v) is 9.94. The second-order valence-corrected chi connectivity index (χ2v) is 7.38. The van der Waals surface area contributed by atoms with Gasteiger partial charge in [-0.2, -0.15) is 0 Å². The highest BCUT2D eigenvalue weighted by atomic mass is 32.1. The fraction of sp³-hybridized carbons (Fsp3) is 0.333. The van der Waals surface area contributed by atoms with Crippen molar-refractivity contribution in [3.05, 3.63) is 57.5 Å². The van der Waals surface area contributed by atoms with Crippen LogP contribution >= 0.6 is 11.3 Å². The maximum Gasteiger partial charge on any atom is 0.290 e. The Morgan fingerprint density at radius 3 is 2.55 bits per heavy atom. The number of ether oxygens (including phenoxy) is 3. The standard InChI is InChI=1S/C21H23NO6S/c1-26-10-5-9-22-18(13-7-8-14(27-2)15(12-13)28-3)17(20(24)21(22)25)19(23)16-6-4-11-29-16/h4,6-8,11-12,18,24H,5,9-10H2,1-3H3. The third-order valence-corrected chi connectivity index (χ3v) is 5.63. The van der Waals surface area contributed by atoms with E-state index in [0.717, 1.165) is 0 Å². The Balaban J connectivity index is 2.07. The summed E-state index contributed by atoms with van der Waals surface area (Å²) in [6.45, 7) is 0.786. The summed E-state index contributed by atoms with van der Waals surface area (Å²) in [5.74, 6) is -0.435. The number of amides is 1. The lowest BCUT2D eigenvalue weighted by Crippen LogP contribution is -2.32. The third kappa shape index (κ3) is 3.99. The molecule has 0 aliphatic carbocycles. The SMILES string of the molecule is COCCCN1C(=O)C(O)=C(C(=O)c2cccs2)C1c1ccc(OC)c(OC)c1. The zero-order valence-corrected chi connectivity index (χ0v) is 17.3. The lowest BCUT2D eigenvalue weighted by atomic mass is 9.95. The summed E-state index contributed by atoms with van der Waals surface area (Å²) < 4.78 is 15.8. The quantitative estimate of drug-likeness (QED) is 0.497. The molecule has 29 heavy (non-hydrogen) atoms. The highest BCUT2D eigenvalue weighted by Crippen LogP contribution is 2.42. The summed E-state index contributed by atoms with van der Waals surface area (Å²) in [5.41, 5.74) is 0.722. The Hall–Kier alpha value is -2.84. The maximum atomic E-state index is 13.1. The van der Waals surface area contributed by atoms with E-state index in [-0.39, 0.29) is 11.4 Å². The van der Waals surface area contributed by atoms with Crippen molar-refractivity contribution >= 4 is 23.0 Å². The number of hydrogen-bond donors (Lipinski definition) is 1. The van der Waals surface area contributed by atoms with E-state index in [1.54, 1.807) is 42.8 Å². The Kier molecular flexibility index (Phi) is 6.56. The Labute approximate surface area is 173 Å². The molecule has 0 radical (unpaired) electrons. The molecule has 2 aromatic rings. The Morgan fingerprint density at radius 1 is 1.17 bits per heavy atom. The fourth-order valence-corrected chi connectivity index (χ4v) is 4.08. The number of carbonyl (C=O) groups is 2. The first-order chi connectivity index (χ1) is 14.0. The van der Waals surface area contributed by atoms with Gasteiger partial charge in [0.05, 0.1) is 30.7 Å². The topological polar surface area (TPSA) is 85.3 Å². The monoisotopic (exact) mass is 417 g/mol. The summed E-state index contributed by atoms with van der Waals surface area (Å²) in [6, 6.07) is 7.91. The van der Waals surface area contributed by atoms with Crippen LogP contribution in [0.2, 0.25) is 0 Å². The van der Waals surface area contributed by atoms with Crippen LogP contribution in [0.15, 0.2) is 47.0 Å². The highest BCUT2D eigenvalue weighted by Gasteiger charge is 2.43. The molecule has 1 aromatic carbocycles. The van der Waals surface area contributed by atoms with Gasteiger partial charge in [-0.25, -0.2) is 0 Å². The fourth-order valence-electron chi connectivity index (χ4n) is 3.41. The molecule has 0 saturated carbocycles. The van der Waals surface area contributed by atoms with E-state index in [0.29, 0.717) is 41.5 Å². The first kappa shape index (κ1) is 20.9. The van der Waals surface area contributed by atoms with Gasteiger partial charge in [-0.3, -0.25) is 9.59 Å². The van der Waals surface area contributed by atoms with Crippen LogP contribution in [0.5, 0.6) is 11.5 Å². The first-order valence-electron chi connectivity index (χ1n) is 9.06. The van der Waals surface area contributed by atoms with Crippen molar-refractivity contribution in [3.8, 4) is 11.5 Å². The predicted molar refractivity (Wildman–Crippen MR) is 109 cm³/mol. The molecule has 1 aliphatic rings. The zero-order valence-electron chi connectivity index (χ0n) is 16.5. The molecule has 0 bridgehead atoms. The van der Waals surface area contributed by atoms with Crippen molar-refractivity contribution in [1.82, 2.24) is 4.90 Å². The van der Waals surface area contributed by atoms with Crippen LogP contribution in [0.4, 0.5) is 0 Å². The van der Waals surface area contributed by atoms with E-state index in [4.69, 9.17) is 14.2 Å². The van der Waals surface area contributed by atoms with Crippen molar-refractivity contribution in [3.63, 3.8) is 0 Å². The lowest BCUT2D eigenvalue weighted by Gasteiger charge is -2.27. The van der Waals surface area contributed by atoms with Crippen LogP contribution < -0.4 is 9.47 Å². The summed E-state index contributed by atoms with van der Waals surface area (Å²) in [6.07, 6.45) is 0.569. The van der Waals surface area contributed by atoms with Crippen molar-refractivity contribution in [2.24, 2.45) is 0 Å². The smallest absolute Gasteiger partial charge is 0.290 e. The van der Waals surface area contributed by atoms with Crippen molar-refractivity contribution in [2.75, 3.05) is 34.5 Å². The molecular formula is C21H23NO6S. The average Bonchev–Trinajstić information content (AvgIpc) is 3.36. The number of ketones is 1. The van der Waals surface area contributed by atoms with Gasteiger partial charge in [-0.15, -0.1) is 11.3 Å². The second-order valence-electron chi connectivity index (χ2n) is 6.43. The molecule has 1 amide bonds. The normalized spacial score (nSPS) is 16.4. The van der Waals surface area contributed by atoms with Gasteiger partial charge >= 0.3 is 0 Å². The summed E-state index contributed by atoms with van der Waals surface area (Å²) >= 11 is 1.27. The molecule has 154 valence electrons. The number of thiophene rings is 1. The minimum absolute atomic E-state index is 0.0714. The molecule has 7 nitrogen and oxygen atoms in total. The largest absolute Gasteiger partial charge is 0.503 e. The maximum absolute atomic E-state index is 13.1. The van der Waals surface area contributed by atoms with Crippen molar-refractivity contribution < 1.29 is 28.9 Å². The number of hydrogen-bond acceptors (Lipinski definition) is 7. The van der Waals surface area contributed by atoms with Crippen molar-refractivity contribution in [1.29, 1.82) is 0 Å². The molecule has 1 atom stereocenters. The van der Waals surface area contributed by atoms with Gasteiger partial charge < -0.3 is 24.2 Å². The number of rotatable bonds is 9. The molecule has 2 heterocycles. The highest BCUT2D eigenvalue weighted by molar-refractivity contribution is 7.12. The van der Waals surface area contributed by atoms with Gasteiger partial charge in [0.2, 0.25) is 5.78 Å². The van der Waals surface area contributed by atoms with E-state index >= 15 is 0 Å². The van der Waals surface area contributed by atoms with Crippen LogP contribution in [0.25, 0.3) is 0 Å². The van der Waals surface area contributed by atoms with Gasteiger partial charge in [-0.05, 0) is 35.6 Å². The van der Waals surface area contributed by atoms with Gasteiger partial charge in [0.25, 0.3) is 5.91 Å². The molecule has 8 heteroatoms. The number of methoxy groups -OCH3 is 3. The van der Waals surface area contributed by atoms with Gasteiger partial charge in [-0.1, -0.05) is 12.1 Å². The molecule has 1 aliphatic heterocycles. The van der Waals surface area contributed by atoms with Crippen LogP contribution in [-0.4, -0.2) is 56.2 Å². The lowest BCUT2D eigenvalue weighted by molar-refractivity contribution is -0.129. The van der Waals surface area contributed by atoms with E-state index in [9.17, 15) is 14.7 Å². The van der Waals surface area contributed by atoms with Crippen LogP contribution in [0.3, 0.4) is 0 Å². The minimum atomic E-state index is -0.728. The number of aliphatic hydroxyl groups is 1. The minimum Gasteiger partial charge on any atom is -0.503 e. The van der Waals surface area contributed by atoms with Gasteiger partial charge in [0.1, 0.15) is 0 Å². The summed E-state index contributed by atoms with van der Waals surface area (Å²) in [4.78, 5) is 27.9. The zero-order chi connectivity index (χ0) is 21.0. The number of Topliss-reactive ketones (excluding diaryl/α,β-unsaturated/α-hetero) is 1. The molecular weight excluding hydrogens is 394 g/mol. The molecule has 0 fully saturated rings. The average molecular weight is 417 g/mol. The van der Waals surface area contributed by atoms with E-state index in [2.05, 4.69) is 0 Å². The molecule has 0 saturated heterocycles. The van der Waals surface area contributed by atoms with E-state index < -0.39 is 17.7 Å². The molecule has 0 spiro atoms. The Morgan fingerprint density at radius 2 is 1.93 bits per heavy atom. The summed E-state index contributed by atoms with van der Waals surface area (Å²) in [5, 5.41) is 12.4. The van der Waals surface area contributed by atoms with Crippen LogP contribution in [0, 0.1) is 0 Å². The molecule has 3 rings (SSSR count). The van der Waals surface area contributed by atoms with Crippen LogP contribution in [0.1, 0.15) is 27.7 Å². The predicted octanol–water partition coefficient (Wildman–Crippen LogP) is 3.38.